The highest BCUT2D eigenvalue weighted by molar-refractivity contribution is 5.80. The Morgan fingerprint density at radius 3 is 2.56 bits per heavy atom. The molecule has 18 heavy (non-hydrogen) atoms. The fraction of sp³-hybridized carbons (Fsp3) is 0.714. The summed E-state index contributed by atoms with van der Waals surface area (Å²) in [6, 6.07) is 0.296. The Morgan fingerprint density at radius 2 is 2.06 bits per heavy atom. The topological polar surface area (TPSA) is 57.6 Å². The predicted octanol–water partition coefficient (Wildman–Crippen LogP) is 2.05. The van der Waals surface area contributed by atoms with E-state index in [2.05, 4.69) is 12.2 Å². The molecule has 0 spiro atoms. The summed E-state index contributed by atoms with van der Waals surface area (Å²) in [4.78, 5) is 25.2. The van der Waals surface area contributed by atoms with Gasteiger partial charge >= 0.3 is 5.97 Å². The van der Waals surface area contributed by atoms with Crippen LogP contribution in [0.4, 0.5) is 0 Å². The molecule has 0 aromatic heterocycles. The third-order valence-corrected chi connectivity index (χ3v) is 3.78. The fourth-order valence-corrected chi connectivity index (χ4v) is 2.43. The van der Waals surface area contributed by atoms with Gasteiger partial charge in [0, 0.05) is 18.5 Å². The van der Waals surface area contributed by atoms with Gasteiger partial charge in [-0.25, -0.2) is 0 Å². The zero-order chi connectivity index (χ0) is 13.1. The highest BCUT2D eigenvalue weighted by atomic mass is 16.4. The summed E-state index contributed by atoms with van der Waals surface area (Å²) in [5.74, 6) is -1.07. The molecule has 0 aromatic carbocycles. The molecule has 1 amide bonds. The number of hydrogen-bond donors (Lipinski definition) is 1. The first-order valence-corrected chi connectivity index (χ1v) is 6.78. The van der Waals surface area contributed by atoms with E-state index in [4.69, 9.17) is 5.11 Å². The first kappa shape index (κ1) is 13.1. The number of carbonyl (C=O) groups excluding carboxylic acids is 1. The van der Waals surface area contributed by atoms with E-state index in [0.717, 1.165) is 32.1 Å². The molecule has 0 aliphatic heterocycles. The number of rotatable bonds is 5. The van der Waals surface area contributed by atoms with Gasteiger partial charge in [-0.3, -0.25) is 9.59 Å². The molecule has 4 heteroatoms. The third kappa shape index (κ3) is 3.12. The molecule has 2 aliphatic carbocycles. The molecule has 0 saturated heterocycles. The van der Waals surface area contributed by atoms with Crippen molar-refractivity contribution in [2.45, 2.75) is 45.1 Å². The fourth-order valence-electron chi connectivity index (χ4n) is 2.43. The van der Waals surface area contributed by atoms with Crippen LogP contribution in [0.1, 0.15) is 39.0 Å². The summed E-state index contributed by atoms with van der Waals surface area (Å²) in [7, 11) is 0. The van der Waals surface area contributed by atoms with Crippen LogP contribution in [0.25, 0.3) is 0 Å². The van der Waals surface area contributed by atoms with E-state index in [1.807, 2.05) is 4.90 Å². The van der Waals surface area contributed by atoms with Gasteiger partial charge in [-0.1, -0.05) is 19.1 Å². The van der Waals surface area contributed by atoms with E-state index >= 15 is 0 Å². The van der Waals surface area contributed by atoms with Gasteiger partial charge in [-0.2, -0.15) is 0 Å². The molecular formula is C14H21NO3. The van der Waals surface area contributed by atoms with Crippen LogP contribution in [0.15, 0.2) is 12.2 Å². The van der Waals surface area contributed by atoms with Crippen molar-refractivity contribution >= 4 is 11.9 Å². The molecule has 1 N–H and O–H groups in total. The van der Waals surface area contributed by atoms with E-state index in [1.165, 1.54) is 0 Å². The Bertz CT molecular complexity index is 360. The summed E-state index contributed by atoms with van der Waals surface area (Å²) in [5, 5.41) is 8.98. The number of hydrogen-bond acceptors (Lipinski definition) is 2. The van der Waals surface area contributed by atoms with E-state index in [1.54, 1.807) is 6.92 Å². The molecular weight excluding hydrogens is 230 g/mol. The molecule has 0 radical (unpaired) electrons. The smallest absolute Gasteiger partial charge is 0.308 e. The Morgan fingerprint density at radius 1 is 1.33 bits per heavy atom. The monoisotopic (exact) mass is 251 g/mol. The first-order valence-electron chi connectivity index (χ1n) is 6.78. The van der Waals surface area contributed by atoms with E-state index in [-0.39, 0.29) is 11.8 Å². The lowest BCUT2D eigenvalue weighted by atomic mass is 9.92. The van der Waals surface area contributed by atoms with Crippen LogP contribution in [-0.4, -0.2) is 34.5 Å². The number of carboxylic acid groups (broad SMARTS) is 1. The van der Waals surface area contributed by atoms with E-state index < -0.39 is 11.9 Å². The van der Waals surface area contributed by atoms with Crippen LogP contribution in [0.2, 0.25) is 0 Å². The Hall–Kier alpha value is -1.32. The number of allylic oxidation sites excluding steroid dienone is 2. The number of carboxylic acids is 1. The lowest BCUT2D eigenvalue weighted by Crippen LogP contribution is -2.42. The van der Waals surface area contributed by atoms with Gasteiger partial charge < -0.3 is 10.0 Å². The van der Waals surface area contributed by atoms with Crippen LogP contribution >= 0.6 is 0 Å². The number of carbonyl (C=O) groups is 2. The SMILES string of the molecule is CC(CN(C(=O)C1CC=CCC1)C1CC1)C(=O)O. The van der Waals surface area contributed by atoms with Crippen molar-refractivity contribution in [3.05, 3.63) is 12.2 Å². The summed E-state index contributed by atoms with van der Waals surface area (Å²) in [6.07, 6.45) is 8.91. The van der Waals surface area contributed by atoms with Gasteiger partial charge in [-0.15, -0.1) is 0 Å². The van der Waals surface area contributed by atoms with Crippen LogP contribution in [0, 0.1) is 11.8 Å². The van der Waals surface area contributed by atoms with Crippen molar-refractivity contribution < 1.29 is 14.7 Å². The van der Waals surface area contributed by atoms with Crippen LogP contribution in [0.3, 0.4) is 0 Å². The average molecular weight is 251 g/mol. The first-order chi connectivity index (χ1) is 8.59. The molecule has 1 fully saturated rings. The molecule has 4 nitrogen and oxygen atoms in total. The summed E-state index contributed by atoms with van der Waals surface area (Å²) >= 11 is 0. The van der Waals surface area contributed by atoms with Crippen LogP contribution in [-0.2, 0) is 9.59 Å². The predicted molar refractivity (Wildman–Crippen MR) is 68.0 cm³/mol. The Labute approximate surface area is 108 Å². The molecule has 100 valence electrons. The van der Waals surface area contributed by atoms with Crippen molar-refractivity contribution in [2.75, 3.05) is 6.54 Å². The van der Waals surface area contributed by atoms with Crippen LogP contribution in [0.5, 0.6) is 0 Å². The lowest BCUT2D eigenvalue weighted by Gasteiger charge is -2.29. The molecule has 2 aliphatic rings. The van der Waals surface area contributed by atoms with Crippen LogP contribution < -0.4 is 0 Å². The molecule has 2 atom stereocenters. The van der Waals surface area contributed by atoms with Crippen molar-refractivity contribution in [3.8, 4) is 0 Å². The van der Waals surface area contributed by atoms with Gasteiger partial charge in [-0.05, 0) is 32.1 Å². The van der Waals surface area contributed by atoms with E-state index in [9.17, 15) is 9.59 Å². The lowest BCUT2D eigenvalue weighted by molar-refractivity contribution is -0.144. The van der Waals surface area contributed by atoms with Crippen molar-refractivity contribution in [1.82, 2.24) is 4.90 Å². The molecule has 2 rings (SSSR count). The van der Waals surface area contributed by atoms with Gasteiger partial charge in [0.05, 0.1) is 5.92 Å². The molecule has 0 heterocycles. The largest absolute Gasteiger partial charge is 0.481 e. The van der Waals surface area contributed by atoms with E-state index in [0.29, 0.717) is 12.6 Å². The highest BCUT2D eigenvalue weighted by Gasteiger charge is 2.37. The normalized spacial score (nSPS) is 24.6. The zero-order valence-corrected chi connectivity index (χ0v) is 10.8. The number of amides is 1. The second-order valence-electron chi connectivity index (χ2n) is 5.44. The molecule has 2 unspecified atom stereocenters. The third-order valence-electron chi connectivity index (χ3n) is 3.78. The number of nitrogens with zero attached hydrogens (tertiary/aromatic N) is 1. The minimum Gasteiger partial charge on any atom is -0.481 e. The second kappa shape index (κ2) is 5.55. The zero-order valence-electron chi connectivity index (χ0n) is 10.8. The molecule has 0 aromatic rings. The minimum atomic E-state index is -0.822. The van der Waals surface area contributed by atoms with Crippen molar-refractivity contribution in [2.24, 2.45) is 11.8 Å². The maximum atomic E-state index is 12.4. The summed E-state index contributed by atoms with van der Waals surface area (Å²) < 4.78 is 0. The second-order valence-corrected chi connectivity index (χ2v) is 5.44. The Kier molecular flexibility index (Phi) is 4.04. The average Bonchev–Trinajstić information content (AvgIpc) is 3.20. The maximum Gasteiger partial charge on any atom is 0.308 e. The molecule has 0 bridgehead atoms. The standard InChI is InChI=1S/C14H21NO3/c1-10(14(17)18)9-15(12-7-8-12)13(16)11-5-3-2-4-6-11/h2-3,10-12H,4-9H2,1H3,(H,17,18). The highest BCUT2D eigenvalue weighted by Crippen LogP contribution is 2.31. The van der Waals surface area contributed by atoms with Gasteiger partial charge in [0.15, 0.2) is 0 Å². The molecule has 1 saturated carbocycles. The quantitative estimate of drug-likeness (QED) is 0.761. The van der Waals surface area contributed by atoms with Gasteiger partial charge in [0.25, 0.3) is 0 Å². The maximum absolute atomic E-state index is 12.4. The van der Waals surface area contributed by atoms with Gasteiger partial charge in [0.2, 0.25) is 5.91 Å². The summed E-state index contributed by atoms with van der Waals surface area (Å²) in [5.41, 5.74) is 0. The Balaban J connectivity index is 1.98. The number of aliphatic carboxylic acids is 1. The van der Waals surface area contributed by atoms with Crippen molar-refractivity contribution in [3.63, 3.8) is 0 Å². The summed E-state index contributed by atoms with van der Waals surface area (Å²) in [6.45, 7) is 2.03. The van der Waals surface area contributed by atoms with Crippen molar-refractivity contribution in [1.29, 1.82) is 0 Å². The van der Waals surface area contributed by atoms with Gasteiger partial charge in [0.1, 0.15) is 0 Å². The minimum absolute atomic E-state index is 0.0663.